The van der Waals surface area contributed by atoms with Crippen LogP contribution in [0.2, 0.25) is 0 Å². The number of carbonyl (C=O) groups excluding carboxylic acids is 2. The van der Waals surface area contributed by atoms with Crippen molar-refractivity contribution in [2.75, 3.05) is 0 Å². The van der Waals surface area contributed by atoms with E-state index in [2.05, 4.69) is 10.2 Å². The Hall–Kier alpha value is -2.32. The Balaban J connectivity index is 1.45. The van der Waals surface area contributed by atoms with Crippen LogP contribution in [-0.4, -0.2) is 21.9 Å². The van der Waals surface area contributed by atoms with Gasteiger partial charge in [-0.25, -0.2) is 0 Å². The highest BCUT2D eigenvalue weighted by Gasteiger charge is 2.13. The van der Waals surface area contributed by atoms with Crippen molar-refractivity contribution in [1.29, 1.82) is 0 Å². The molecule has 8 heteroatoms. The first kappa shape index (κ1) is 15.6. The lowest BCUT2D eigenvalue weighted by Crippen LogP contribution is -2.07. The molecule has 6 nitrogen and oxygen atoms in total. The van der Waals surface area contributed by atoms with Gasteiger partial charge in [0.25, 0.3) is 11.8 Å². The van der Waals surface area contributed by atoms with Gasteiger partial charge in [-0.2, -0.15) is 0 Å². The number of hydrogen-bond acceptors (Lipinski definition) is 8. The van der Waals surface area contributed by atoms with Crippen LogP contribution in [0.3, 0.4) is 0 Å². The van der Waals surface area contributed by atoms with Crippen LogP contribution in [0.1, 0.15) is 28.4 Å². The molecule has 3 rings (SSSR count). The van der Waals surface area contributed by atoms with Gasteiger partial charge in [0.2, 0.25) is 0 Å². The molecule has 0 radical (unpaired) electrons. The van der Waals surface area contributed by atoms with Gasteiger partial charge in [0.1, 0.15) is 0 Å². The van der Waals surface area contributed by atoms with Crippen molar-refractivity contribution in [2.45, 2.75) is 19.4 Å². The molecule has 0 fully saturated rings. The highest BCUT2D eigenvalue weighted by atomic mass is 32.1. The average molecular weight is 348 g/mol. The summed E-state index contributed by atoms with van der Waals surface area (Å²) in [7, 11) is 0. The first-order valence-corrected chi connectivity index (χ1v) is 8.57. The number of thiophene rings is 2. The number of ether oxygens (including phenoxy) is 1. The third-order valence-corrected chi connectivity index (χ3v) is 4.68. The molecule has 0 aliphatic rings. The van der Waals surface area contributed by atoms with E-state index in [0.29, 0.717) is 10.8 Å². The maximum atomic E-state index is 11.8. The van der Waals surface area contributed by atoms with E-state index in [1.54, 1.807) is 12.1 Å². The van der Waals surface area contributed by atoms with E-state index in [1.807, 2.05) is 22.9 Å². The lowest BCUT2D eigenvalue weighted by Gasteiger charge is -2.01. The number of ketones is 1. The quantitative estimate of drug-likeness (QED) is 0.479. The van der Waals surface area contributed by atoms with Crippen molar-refractivity contribution in [3.63, 3.8) is 0 Å². The molecule has 0 bridgehead atoms. The maximum absolute atomic E-state index is 11.8. The zero-order valence-corrected chi connectivity index (χ0v) is 13.6. The SMILES string of the molecule is O=C(CCC(=O)c1cccs1)OCc1nnc(-c2cccs2)o1. The van der Waals surface area contributed by atoms with Gasteiger partial charge in [-0.15, -0.1) is 32.9 Å². The summed E-state index contributed by atoms with van der Waals surface area (Å²) < 4.78 is 10.5. The van der Waals surface area contributed by atoms with E-state index in [1.165, 1.54) is 22.7 Å². The Bertz CT molecular complexity index is 778. The molecule has 3 aromatic heterocycles. The first-order chi connectivity index (χ1) is 11.2. The third-order valence-electron chi connectivity index (χ3n) is 2.91. The molecular formula is C15H12N2O4S2. The molecule has 3 aromatic rings. The molecule has 0 unspecified atom stereocenters. The lowest BCUT2D eigenvalue weighted by atomic mass is 10.2. The predicted molar refractivity (Wildman–Crippen MR) is 85.3 cm³/mol. The third kappa shape index (κ3) is 4.11. The monoisotopic (exact) mass is 348 g/mol. The zero-order chi connectivity index (χ0) is 16.1. The molecular weight excluding hydrogens is 336 g/mol. The van der Waals surface area contributed by atoms with Gasteiger partial charge in [-0.05, 0) is 22.9 Å². The van der Waals surface area contributed by atoms with E-state index < -0.39 is 5.97 Å². The average Bonchev–Trinajstić information content (AvgIpc) is 3.32. The summed E-state index contributed by atoms with van der Waals surface area (Å²) in [4.78, 5) is 25.0. The summed E-state index contributed by atoms with van der Waals surface area (Å²) in [6, 6.07) is 7.29. The molecule has 23 heavy (non-hydrogen) atoms. The molecule has 118 valence electrons. The predicted octanol–water partition coefficient (Wildman–Crippen LogP) is 3.57. The second kappa shape index (κ2) is 7.30. The fourth-order valence-electron chi connectivity index (χ4n) is 1.80. The number of carbonyl (C=O) groups is 2. The van der Waals surface area contributed by atoms with Gasteiger partial charge >= 0.3 is 5.97 Å². The van der Waals surface area contributed by atoms with Crippen LogP contribution in [0, 0.1) is 0 Å². The van der Waals surface area contributed by atoms with Crippen molar-refractivity contribution in [3.05, 3.63) is 45.8 Å². The Morgan fingerprint density at radius 2 is 1.91 bits per heavy atom. The van der Waals surface area contributed by atoms with Crippen LogP contribution >= 0.6 is 22.7 Å². The Labute approximate surface area is 139 Å². The number of hydrogen-bond donors (Lipinski definition) is 0. The Morgan fingerprint density at radius 1 is 1.09 bits per heavy atom. The van der Waals surface area contributed by atoms with Crippen LogP contribution in [0.15, 0.2) is 39.4 Å². The molecule has 0 saturated heterocycles. The smallest absolute Gasteiger partial charge is 0.306 e. The fraction of sp³-hybridized carbons (Fsp3) is 0.200. The molecule has 0 saturated carbocycles. The largest absolute Gasteiger partial charge is 0.456 e. The highest BCUT2D eigenvalue weighted by molar-refractivity contribution is 7.13. The van der Waals surface area contributed by atoms with Crippen molar-refractivity contribution >= 4 is 34.4 Å². The van der Waals surface area contributed by atoms with Crippen molar-refractivity contribution in [1.82, 2.24) is 10.2 Å². The second-order valence-corrected chi connectivity index (χ2v) is 6.43. The summed E-state index contributed by atoms with van der Waals surface area (Å²) in [5.74, 6) is 0.103. The fourth-order valence-corrected chi connectivity index (χ4v) is 3.14. The van der Waals surface area contributed by atoms with Crippen LogP contribution in [0.5, 0.6) is 0 Å². The molecule has 0 N–H and O–H groups in total. The Morgan fingerprint density at radius 3 is 2.65 bits per heavy atom. The summed E-state index contributed by atoms with van der Waals surface area (Å²) in [5, 5.41) is 11.5. The maximum Gasteiger partial charge on any atom is 0.306 e. The van der Waals surface area contributed by atoms with Crippen molar-refractivity contribution in [3.8, 4) is 10.8 Å². The van der Waals surface area contributed by atoms with Crippen LogP contribution in [-0.2, 0) is 16.1 Å². The van der Waals surface area contributed by atoms with Crippen molar-refractivity contribution < 1.29 is 18.7 Å². The number of nitrogens with zero attached hydrogens (tertiary/aromatic N) is 2. The minimum absolute atomic E-state index is 0.0304. The standard InChI is InChI=1S/C15H12N2O4S2/c18-10(11-3-1-7-22-11)5-6-14(19)20-9-13-16-17-15(21-13)12-4-2-8-23-12/h1-4,7-8H,5-6,9H2. The van der Waals surface area contributed by atoms with E-state index in [4.69, 9.17) is 9.15 Å². The van der Waals surface area contributed by atoms with Crippen LogP contribution in [0.25, 0.3) is 10.8 Å². The van der Waals surface area contributed by atoms with E-state index in [0.717, 1.165) is 4.88 Å². The van der Waals surface area contributed by atoms with Gasteiger partial charge in [-0.3, -0.25) is 9.59 Å². The minimum Gasteiger partial charge on any atom is -0.456 e. The molecule has 0 amide bonds. The minimum atomic E-state index is -0.467. The molecule has 0 spiro atoms. The van der Waals surface area contributed by atoms with Gasteiger partial charge in [0, 0.05) is 6.42 Å². The number of esters is 1. The molecule has 0 aromatic carbocycles. The van der Waals surface area contributed by atoms with Gasteiger partial charge < -0.3 is 9.15 Å². The van der Waals surface area contributed by atoms with Gasteiger partial charge in [-0.1, -0.05) is 12.1 Å². The topological polar surface area (TPSA) is 82.3 Å². The van der Waals surface area contributed by atoms with E-state index in [9.17, 15) is 9.59 Å². The zero-order valence-electron chi connectivity index (χ0n) is 11.9. The molecule has 0 aliphatic heterocycles. The summed E-state index contributed by atoms with van der Waals surface area (Å²) in [5.41, 5.74) is 0. The van der Waals surface area contributed by atoms with Crippen molar-refractivity contribution in [2.24, 2.45) is 0 Å². The number of Topliss-reactive ketones (excluding diaryl/α,β-unsaturated/α-hetero) is 1. The summed E-state index contributed by atoms with van der Waals surface area (Å²) in [6.45, 7) is -0.0929. The summed E-state index contributed by atoms with van der Waals surface area (Å²) >= 11 is 2.84. The second-order valence-electron chi connectivity index (χ2n) is 4.54. The van der Waals surface area contributed by atoms with E-state index >= 15 is 0 Å². The van der Waals surface area contributed by atoms with Crippen LogP contribution in [0.4, 0.5) is 0 Å². The highest BCUT2D eigenvalue weighted by Crippen LogP contribution is 2.23. The first-order valence-electron chi connectivity index (χ1n) is 6.81. The molecule has 3 heterocycles. The lowest BCUT2D eigenvalue weighted by molar-refractivity contribution is -0.145. The van der Waals surface area contributed by atoms with E-state index in [-0.39, 0.29) is 31.1 Å². The summed E-state index contributed by atoms with van der Waals surface area (Å²) in [6.07, 6.45) is 0.159. The van der Waals surface area contributed by atoms with Gasteiger partial charge in [0.05, 0.1) is 16.2 Å². The van der Waals surface area contributed by atoms with Crippen LogP contribution < -0.4 is 0 Å². The molecule has 0 atom stereocenters. The number of rotatable bonds is 7. The normalized spacial score (nSPS) is 10.6. The Kier molecular flexibility index (Phi) is 4.94. The van der Waals surface area contributed by atoms with Gasteiger partial charge in [0.15, 0.2) is 12.4 Å². The number of aromatic nitrogens is 2. The molecule has 0 aliphatic carbocycles.